The van der Waals surface area contributed by atoms with E-state index in [1.807, 2.05) is 0 Å². The van der Waals surface area contributed by atoms with Crippen LogP contribution in [-0.4, -0.2) is 72.7 Å². The maximum atomic E-state index is 14.3. The SMILES string of the molecule is COC(=O)c1cccc2nc(N3CCC(c4cc(Cl)cc(Cl)c4)(C(F)(F)F)C3)sc12.O=C(O)c1cccc2nc(N3CCC(c4cc(Cl)cc(Cl)c4)(C(F)(F)F)C3)sc12. The van der Waals surface area contributed by atoms with Crippen LogP contribution >= 0.6 is 69.1 Å². The number of ether oxygens (including phenoxy) is 1. The van der Waals surface area contributed by atoms with E-state index in [0.717, 1.165) is 11.3 Å². The number of thiazole rings is 2. The molecule has 59 heavy (non-hydrogen) atoms. The van der Waals surface area contributed by atoms with Gasteiger partial charge in [0.15, 0.2) is 10.3 Å². The molecule has 2 aromatic heterocycles. The Labute approximate surface area is 359 Å². The summed E-state index contributed by atoms with van der Waals surface area (Å²) < 4.78 is 91.3. The standard InChI is InChI=1S/C20H15Cl2F3N2O2S.C19H13Cl2F3N2O2S/c1-29-17(28)14-3-2-4-15-16(14)30-18(26-15)27-6-5-19(10-27,20(23,24)25)11-7-12(21)9-13(22)8-11;20-11-6-10(7-12(21)8-11)18(19(22,23)24)4-5-26(9-18)17-25-14-3-1-2-13(16(27)28)15(14)29-17/h2-4,7-9H,5-6,10H2,1H3;1-3,6-8H,4-5,9H2,(H,27,28). The smallest absolute Gasteiger partial charge is 0.400 e. The number of nitrogens with zero attached hydrogens (tertiary/aromatic N) is 4. The van der Waals surface area contributed by atoms with Crippen molar-refractivity contribution in [3.8, 4) is 0 Å². The molecular weight excluding hydrogens is 908 g/mol. The first kappa shape index (κ1) is 43.0. The molecule has 4 aromatic carbocycles. The number of anilines is 2. The first-order valence-electron chi connectivity index (χ1n) is 17.4. The van der Waals surface area contributed by atoms with Gasteiger partial charge < -0.3 is 19.6 Å². The number of carboxylic acid groups (broad SMARTS) is 1. The number of methoxy groups -OCH3 is 1. The van der Waals surface area contributed by atoms with Crippen molar-refractivity contribution >= 4 is 112 Å². The fourth-order valence-electron chi connectivity index (χ4n) is 7.45. The van der Waals surface area contributed by atoms with Gasteiger partial charge in [-0.1, -0.05) is 81.2 Å². The molecule has 8 nitrogen and oxygen atoms in total. The van der Waals surface area contributed by atoms with Gasteiger partial charge in [-0.25, -0.2) is 19.6 Å². The minimum atomic E-state index is -4.53. The summed E-state index contributed by atoms with van der Waals surface area (Å²) in [5.41, 5.74) is -2.83. The van der Waals surface area contributed by atoms with Gasteiger partial charge in [-0.05, 0) is 84.6 Å². The summed E-state index contributed by atoms with van der Waals surface area (Å²) in [5.74, 6) is -1.62. The highest BCUT2D eigenvalue weighted by atomic mass is 35.5. The van der Waals surface area contributed by atoms with Gasteiger partial charge >= 0.3 is 24.3 Å². The van der Waals surface area contributed by atoms with E-state index in [2.05, 4.69) is 9.97 Å². The van der Waals surface area contributed by atoms with Crippen LogP contribution in [0.1, 0.15) is 44.7 Å². The van der Waals surface area contributed by atoms with Crippen molar-refractivity contribution in [2.45, 2.75) is 36.0 Å². The van der Waals surface area contributed by atoms with Crippen molar-refractivity contribution in [1.29, 1.82) is 0 Å². The summed E-state index contributed by atoms with van der Waals surface area (Å²) >= 11 is 26.2. The molecule has 20 heteroatoms. The first-order chi connectivity index (χ1) is 27.7. The van der Waals surface area contributed by atoms with Crippen LogP contribution < -0.4 is 9.80 Å². The van der Waals surface area contributed by atoms with Crippen LogP contribution in [0.15, 0.2) is 72.8 Å². The van der Waals surface area contributed by atoms with Gasteiger partial charge in [-0.15, -0.1) is 0 Å². The molecule has 0 amide bonds. The molecule has 310 valence electrons. The third kappa shape index (κ3) is 8.11. The van der Waals surface area contributed by atoms with Crippen LogP contribution in [0.3, 0.4) is 0 Å². The molecule has 2 aliphatic heterocycles. The van der Waals surface area contributed by atoms with Crippen LogP contribution in [0, 0.1) is 0 Å². The summed E-state index contributed by atoms with van der Waals surface area (Å²) in [7, 11) is 1.28. The molecule has 0 bridgehead atoms. The number of rotatable bonds is 6. The molecule has 2 saturated heterocycles. The van der Waals surface area contributed by atoms with Crippen LogP contribution in [-0.2, 0) is 15.6 Å². The molecule has 2 unspecified atom stereocenters. The van der Waals surface area contributed by atoms with Crippen molar-refractivity contribution in [3.05, 3.63) is 115 Å². The highest BCUT2D eigenvalue weighted by Gasteiger charge is 2.60. The molecule has 0 spiro atoms. The third-order valence-corrected chi connectivity index (χ3v) is 13.6. The van der Waals surface area contributed by atoms with E-state index in [1.54, 1.807) is 40.1 Å². The number of hydrogen-bond acceptors (Lipinski definition) is 9. The molecule has 2 aliphatic rings. The maximum Gasteiger partial charge on any atom is 0.400 e. The number of alkyl halides is 6. The minimum absolute atomic E-state index is 0.0114. The molecule has 2 fully saturated rings. The maximum absolute atomic E-state index is 14.3. The Balaban J connectivity index is 0.000000179. The number of hydrogen-bond donors (Lipinski definition) is 1. The Hall–Kier alpha value is -4.06. The second-order valence-corrected chi connectivity index (χ2v) is 17.6. The van der Waals surface area contributed by atoms with Crippen molar-refractivity contribution in [2.24, 2.45) is 0 Å². The number of carbonyl (C=O) groups is 2. The van der Waals surface area contributed by atoms with E-state index < -0.39 is 35.1 Å². The number of aromatic nitrogens is 2. The number of benzene rings is 4. The molecule has 6 aromatic rings. The summed E-state index contributed by atoms with van der Waals surface area (Å²) in [6, 6.07) is 17.7. The summed E-state index contributed by atoms with van der Waals surface area (Å²) in [6.07, 6.45) is -9.38. The molecular formula is C39H28Cl4F6N4O4S2. The van der Waals surface area contributed by atoms with E-state index in [-0.39, 0.29) is 75.8 Å². The van der Waals surface area contributed by atoms with Crippen molar-refractivity contribution in [3.63, 3.8) is 0 Å². The zero-order valence-electron chi connectivity index (χ0n) is 30.2. The van der Waals surface area contributed by atoms with Crippen LogP contribution in [0.25, 0.3) is 20.4 Å². The molecule has 4 heterocycles. The average Bonchev–Trinajstić information content (AvgIpc) is 3.97. The largest absolute Gasteiger partial charge is 0.478 e. The van der Waals surface area contributed by atoms with E-state index in [4.69, 9.17) is 51.1 Å². The van der Waals surface area contributed by atoms with E-state index in [1.165, 1.54) is 60.9 Å². The Morgan fingerprint density at radius 1 is 0.678 bits per heavy atom. The molecule has 2 atom stereocenters. The molecule has 0 aliphatic carbocycles. The number of aromatic carboxylic acids is 1. The minimum Gasteiger partial charge on any atom is -0.478 e. The van der Waals surface area contributed by atoms with Gasteiger partial charge in [-0.2, -0.15) is 26.3 Å². The number of halogens is 10. The Kier molecular flexibility index (Phi) is 11.7. The van der Waals surface area contributed by atoms with Crippen LogP contribution in [0.5, 0.6) is 0 Å². The van der Waals surface area contributed by atoms with E-state index in [0.29, 0.717) is 36.3 Å². The number of esters is 1. The van der Waals surface area contributed by atoms with Crippen molar-refractivity contribution in [1.82, 2.24) is 9.97 Å². The lowest BCUT2D eigenvalue weighted by molar-refractivity contribution is -0.185. The van der Waals surface area contributed by atoms with Gasteiger partial charge in [0.2, 0.25) is 0 Å². The first-order valence-corrected chi connectivity index (χ1v) is 20.6. The third-order valence-electron chi connectivity index (χ3n) is 10.4. The van der Waals surface area contributed by atoms with E-state index in [9.17, 15) is 41.0 Å². The molecule has 1 N–H and O–H groups in total. The zero-order chi connectivity index (χ0) is 42.7. The fraction of sp³-hybridized carbons (Fsp3) is 0.282. The van der Waals surface area contributed by atoms with Crippen molar-refractivity contribution < 1.29 is 45.8 Å². The summed E-state index contributed by atoms with van der Waals surface area (Å²) in [4.78, 5) is 35.4. The van der Waals surface area contributed by atoms with Gasteiger partial charge in [0.25, 0.3) is 0 Å². The fourth-order valence-corrected chi connectivity index (χ4v) is 10.7. The highest BCUT2D eigenvalue weighted by Crippen LogP contribution is 2.52. The zero-order valence-corrected chi connectivity index (χ0v) is 34.9. The Morgan fingerprint density at radius 2 is 1.07 bits per heavy atom. The van der Waals surface area contributed by atoms with E-state index >= 15 is 0 Å². The normalized spacial score (nSPS) is 19.6. The van der Waals surface area contributed by atoms with Gasteiger partial charge in [-0.3, -0.25) is 0 Å². The Bertz CT molecular complexity index is 2570. The second-order valence-electron chi connectivity index (χ2n) is 13.9. The number of carboxylic acids is 1. The lowest BCUT2D eigenvalue weighted by atomic mass is 9.79. The summed E-state index contributed by atoms with van der Waals surface area (Å²) in [6.45, 7) is -0.404. The van der Waals surface area contributed by atoms with Crippen LogP contribution in [0.4, 0.5) is 36.6 Å². The predicted octanol–water partition coefficient (Wildman–Crippen LogP) is 12.1. The number of carbonyl (C=O) groups excluding carboxylic acids is 1. The number of fused-ring (bicyclic) bond motifs is 2. The quantitative estimate of drug-likeness (QED) is 0.130. The lowest BCUT2D eigenvalue weighted by Gasteiger charge is -2.32. The molecule has 0 radical (unpaired) electrons. The van der Waals surface area contributed by atoms with Crippen molar-refractivity contribution in [2.75, 3.05) is 43.1 Å². The average molecular weight is 937 g/mol. The second kappa shape index (κ2) is 16.1. The predicted molar refractivity (Wildman–Crippen MR) is 220 cm³/mol. The lowest BCUT2D eigenvalue weighted by Crippen LogP contribution is -2.44. The van der Waals surface area contributed by atoms with Gasteiger partial charge in [0.05, 0.1) is 38.7 Å². The van der Waals surface area contributed by atoms with Gasteiger partial charge in [0.1, 0.15) is 10.8 Å². The highest BCUT2D eigenvalue weighted by molar-refractivity contribution is 7.23. The van der Waals surface area contributed by atoms with Crippen LogP contribution in [0.2, 0.25) is 20.1 Å². The summed E-state index contributed by atoms with van der Waals surface area (Å²) in [5, 5.41) is 10.7. The topological polar surface area (TPSA) is 95.9 Å². The van der Waals surface area contributed by atoms with Gasteiger partial charge in [0, 0.05) is 46.3 Å². The Morgan fingerprint density at radius 3 is 1.44 bits per heavy atom. The monoisotopic (exact) mass is 934 g/mol. The molecule has 8 rings (SSSR count). The molecule has 0 saturated carbocycles.